The number of hydrogen-bond acceptors (Lipinski definition) is 2. The van der Waals surface area contributed by atoms with Gasteiger partial charge >= 0.3 is 0 Å². The predicted molar refractivity (Wildman–Crippen MR) is 100.0 cm³/mol. The molecular formula is C20H24BrNO. The van der Waals surface area contributed by atoms with E-state index in [0.29, 0.717) is 0 Å². The third kappa shape index (κ3) is 5.08. The lowest BCUT2D eigenvalue weighted by molar-refractivity contribution is 0.205. The van der Waals surface area contributed by atoms with Gasteiger partial charge in [-0.05, 0) is 67.7 Å². The van der Waals surface area contributed by atoms with Gasteiger partial charge in [0.05, 0.1) is 6.61 Å². The Balaban J connectivity index is 1.45. The van der Waals surface area contributed by atoms with Crippen molar-refractivity contribution >= 4 is 15.9 Å². The number of rotatable bonds is 6. The van der Waals surface area contributed by atoms with Crippen molar-refractivity contribution in [1.29, 1.82) is 0 Å². The van der Waals surface area contributed by atoms with Crippen LogP contribution in [0.2, 0.25) is 0 Å². The van der Waals surface area contributed by atoms with Gasteiger partial charge in [-0.25, -0.2) is 0 Å². The van der Waals surface area contributed by atoms with E-state index in [1.54, 1.807) is 0 Å². The molecule has 0 aliphatic carbocycles. The van der Waals surface area contributed by atoms with Crippen LogP contribution in [-0.4, -0.2) is 31.1 Å². The van der Waals surface area contributed by atoms with Crippen LogP contribution in [0.3, 0.4) is 0 Å². The van der Waals surface area contributed by atoms with E-state index in [1.807, 2.05) is 0 Å². The summed E-state index contributed by atoms with van der Waals surface area (Å²) in [4.78, 5) is 2.56. The van der Waals surface area contributed by atoms with Gasteiger partial charge in [0.2, 0.25) is 0 Å². The molecule has 122 valence electrons. The maximum atomic E-state index is 5.87. The maximum absolute atomic E-state index is 5.87. The second-order valence-corrected chi connectivity index (χ2v) is 7.05. The Morgan fingerprint density at radius 2 is 1.43 bits per heavy atom. The van der Waals surface area contributed by atoms with E-state index in [4.69, 9.17) is 4.74 Å². The van der Waals surface area contributed by atoms with Crippen LogP contribution < -0.4 is 4.74 Å². The van der Waals surface area contributed by atoms with Crippen molar-refractivity contribution in [3.05, 3.63) is 53.0 Å². The van der Waals surface area contributed by atoms with Gasteiger partial charge in [0.15, 0.2) is 0 Å². The number of nitrogens with zero attached hydrogens (tertiary/aromatic N) is 1. The summed E-state index contributed by atoms with van der Waals surface area (Å²) in [5, 5.41) is 0. The highest BCUT2D eigenvalue weighted by Crippen LogP contribution is 2.24. The number of ether oxygens (including phenoxy) is 1. The molecule has 0 atom stereocenters. The summed E-state index contributed by atoms with van der Waals surface area (Å²) in [6.07, 6.45) is 5.23. The molecule has 3 heteroatoms. The second-order valence-electron chi connectivity index (χ2n) is 6.14. The largest absolute Gasteiger partial charge is 0.494 e. The monoisotopic (exact) mass is 373 g/mol. The van der Waals surface area contributed by atoms with Crippen LogP contribution in [-0.2, 0) is 0 Å². The molecule has 2 aromatic carbocycles. The summed E-state index contributed by atoms with van der Waals surface area (Å²) >= 11 is 3.47. The number of piperidine rings is 1. The molecule has 0 saturated carbocycles. The zero-order chi connectivity index (χ0) is 15.9. The topological polar surface area (TPSA) is 12.5 Å². The molecule has 1 fully saturated rings. The molecule has 2 aromatic rings. The standard InChI is InChI=1S/C20H24BrNO/c21-19-9-5-17(6-10-19)18-7-11-20(12-8-18)23-16-4-15-22-13-2-1-3-14-22/h5-12H,1-4,13-16H2. The molecule has 1 aliphatic rings. The van der Waals surface area contributed by atoms with E-state index in [9.17, 15) is 0 Å². The molecule has 1 heterocycles. The average Bonchev–Trinajstić information content (AvgIpc) is 2.61. The normalized spacial score (nSPS) is 15.5. The lowest BCUT2D eigenvalue weighted by Crippen LogP contribution is -2.31. The fourth-order valence-electron chi connectivity index (χ4n) is 3.05. The van der Waals surface area contributed by atoms with E-state index in [2.05, 4.69) is 69.4 Å². The lowest BCUT2D eigenvalue weighted by Gasteiger charge is -2.26. The smallest absolute Gasteiger partial charge is 0.119 e. The van der Waals surface area contributed by atoms with Gasteiger partial charge in [-0.1, -0.05) is 46.6 Å². The molecule has 0 spiro atoms. The number of likely N-dealkylation sites (tertiary alicyclic amines) is 1. The first-order valence-corrected chi connectivity index (χ1v) is 9.32. The van der Waals surface area contributed by atoms with Crippen LogP contribution >= 0.6 is 15.9 Å². The molecular weight excluding hydrogens is 350 g/mol. The molecule has 0 amide bonds. The molecule has 1 aliphatic heterocycles. The van der Waals surface area contributed by atoms with Gasteiger partial charge in [0.1, 0.15) is 5.75 Å². The Morgan fingerprint density at radius 3 is 2.09 bits per heavy atom. The van der Waals surface area contributed by atoms with Crippen molar-refractivity contribution in [2.75, 3.05) is 26.2 Å². The molecule has 0 bridgehead atoms. The lowest BCUT2D eigenvalue weighted by atomic mass is 10.1. The highest BCUT2D eigenvalue weighted by molar-refractivity contribution is 9.10. The molecule has 23 heavy (non-hydrogen) atoms. The molecule has 0 unspecified atom stereocenters. The highest BCUT2D eigenvalue weighted by Gasteiger charge is 2.09. The minimum atomic E-state index is 0.800. The fourth-order valence-corrected chi connectivity index (χ4v) is 3.31. The van der Waals surface area contributed by atoms with Crippen molar-refractivity contribution in [2.24, 2.45) is 0 Å². The molecule has 0 radical (unpaired) electrons. The van der Waals surface area contributed by atoms with Crippen molar-refractivity contribution in [1.82, 2.24) is 4.90 Å². The minimum absolute atomic E-state index is 0.800. The van der Waals surface area contributed by atoms with Crippen LogP contribution in [0.4, 0.5) is 0 Å². The van der Waals surface area contributed by atoms with Gasteiger partial charge in [0, 0.05) is 11.0 Å². The number of hydrogen-bond donors (Lipinski definition) is 0. The first-order chi connectivity index (χ1) is 11.3. The summed E-state index contributed by atoms with van der Waals surface area (Å²) in [6.45, 7) is 4.49. The first kappa shape index (κ1) is 16.5. The van der Waals surface area contributed by atoms with Crippen molar-refractivity contribution in [3.8, 4) is 16.9 Å². The Labute approximate surface area is 147 Å². The molecule has 3 rings (SSSR count). The zero-order valence-electron chi connectivity index (χ0n) is 13.5. The average molecular weight is 374 g/mol. The Hall–Kier alpha value is -1.32. The summed E-state index contributed by atoms with van der Waals surface area (Å²) in [5.74, 6) is 0.963. The molecule has 1 saturated heterocycles. The van der Waals surface area contributed by atoms with E-state index in [0.717, 1.165) is 29.8 Å². The molecule has 0 N–H and O–H groups in total. The van der Waals surface area contributed by atoms with E-state index < -0.39 is 0 Å². The first-order valence-electron chi connectivity index (χ1n) is 8.52. The summed E-state index contributed by atoms with van der Waals surface area (Å²) in [7, 11) is 0. The molecule has 2 nitrogen and oxygen atoms in total. The van der Waals surface area contributed by atoms with Crippen molar-refractivity contribution < 1.29 is 4.74 Å². The van der Waals surface area contributed by atoms with Crippen LogP contribution in [0.25, 0.3) is 11.1 Å². The minimum Gasteiger partial charge on any atom is -0.494 e. The van der Waals surface area contributed by atoms with Gasteiger partial charge in [-0.3, -0.25) is 0 Å². The van der Waals surface area contributed by atoms with Crippen LogP contribution in [0.5, 0.6) is 5.75 Å². The van der Waals surface area contributed by atoms with E-state index in [-0.39, 0.29) is 0 Å². The quantitative estimate of drug-likeness (QED) is 0.630. The van der Waals surface area contributed by atoms with Gasteiger partial charge in [-0.15, -0.1) is 0 Å². The SMILES string of the molecule is Brc1ccc(-c2ccc(OCCCN3CCCCC3)cc2)cc1. The highest BCUT2D eigenvalue weighted by atomic mass is 79.9. The summed E-state index contributed by atoms with van der Waals surface area (Å²) < 4.78 is 6.98. The Morgan fingerprint density at radius 1 is 0.826 bits per heavy atom. The second kappa shape index (κ2) is 8.51. The van der Waals surface area contributed by atoms with E-state index in [1.165, 1.54) is 43.5 Å². The van der Waals surface area contributed by atoms with Crippen molar-refractivity contribution in [2.45, 2.75) is 25.7 Å². The number of benzene rings is 2. The van der Waals surface area contributed by atoms with Gasteiger partial charge in [-0.2, -0.15) is 0 Å². The van der Waals surface area contributed by atoms with Crippen molar-refractivity contribution in [3.63, 3.8) is 0 Å². The Bertz CT molecular complexity index is 588. The van der Waals surface area contributed by atoms with E-state index >= 15 is 0 Å². The molecule has 0 aromatic heterocycles. The van der Waals surface area contributed by atoms with Crippen LogP contribution in [0.15, 0.2) is 53.0 Å². The zero-order valence-corrected chi connectivity index (χ0v) is 15.1. The number of halogens is 1. The van der Waals surface area contributed by atoms with Gasteiger partial charge < -0.3 is 9.64 Å². The van der Waals surface area contributed by atoms with Crippen LogP contribution in [0.1, 0.15) is 25.7 Å². The summed E-state index contributed by atoms with van der Waals surface area (Å²) in [6, 6.07) is 16.8. The van der Waals surface area contributed by atoms with Gasteiger partial charge in [0.25, 0.3) is 0 Å². The summed E-state index contributed by atoms with van der Waals surface area (Å²) in [5.41, 5.74) is 2.45. The maximum Gasteiger partial charge on any atom is 0.119 e. The third-order valence-corrected chi connectivity index (χ3v) is 4.90. The third-order valence-electron chi connectivity index (χ3n) is 4.37. The predicted octanol–water partition coefficient (Wildman–Crippen LogP) is 5.37. The van der Waals surface area contributed by atoms with Crippen LogP contribution in [0, 0.1) is 0 Å². The fraction of sp³-hybridized carbons (Fsp3) is 0.400. The Kier molecular flexibility index (Phi) is 6.12.